The van der Waals surface area contributed by atoms with Gasteiger partial charge in [-0.15, -0.1) is 0 Å². The highest BCUT2D eigenvalue weighted by Gasteiger charge is 2.23. The Balaban J connectivity index is 2.18. The van der Waals surface area contributed by atoms with Crippen LogP contribution in [0.25, 0.3) is 0 Å². The van der Waals surface area contributed by atoms with E-state index in [0.717, 1.165) is 30.0 Å². The number of nitrogens with zero attached hydrogens (tertiary/aromatic N) is 1. The molecule has 1 fully saturated rings. The molecule has 0 bridgehead atoms. The first-order valence-corrected chi connectivity index (χ1v) is 5.56. The lowest BCUT2D eigenvalue weighted by atomic mass is 9.90. The van der Waals surface area contributed by atoms with E-state index in [1.165, 1.54) is 0 Å². The van der Waals surface area contributed by atoms with Gasteiger partial charge in [-0.3, -0.25) is 0 Å². The average Bonchev–Trinajstić information content (AvgIpc) is 2.30. The van der Waals surface area contributed by atoms with Crippen LogP contribution in [0.15, 0.2) is 24.3 Å². The van der Waals surface area contributed by atoms with Gasteiger partial charge < -0.3 is 5.32 Å². The molecular weight excluding hydrogens is 208 g/mol. The Labute approximate surface area is 94.9 Å². The summed E-state index contributed by atoms with van der Waals surface area (Å²) in [5.74, 6) is 0.160. The van der Waals surface area contributed by atoms with Gasteiger partial charge in [0.2, 0.25) is 0 Å². The minimum atomic E-state index is 0.160. The third kappa shape index (κ3) is 2.31. The van der Waals surface area contributed by atoms with Crippen molar-refractivity contribution < 1.29 is 0 Å². The maximum atomic E-state index is 8.91. The predicted octanol–water partition coefficient (Wildman–Crippen LogP) is 2.90. The lowest BCUT2D eigenvalue weighted by Crippen LogP contribution is -2.31. The molecule has 1 aliphatic rings. The average molecular weight is 221 g/mol. The second kappa shape index (κ2) is 4.65. The van der Waals surface area contributed by atoms with Crippen molar-refractivity contribution >= 4 is 11.6 Å². The van der Waals surface area contributed by atoms with E-state index in [-0.39, 0.29) is 12.0 Å². The summed E-state index contributed by atoms with van der Waals surface area (Å²) in [6, 6.07) is 10.4. The molecule has 1 saturated heterocycles. The molecular formula is C12H13ClN2. The highest BCUT2D eigenvalue weighted by atomic mass is 35.5. The van der Waals surface area contributed by atoms with E-state index in [1.54, 1.807) is 0 Å². The van der Waals surface area contributed by atoms with E-state index in [9.17, 15) is 0 Å². The molecule has 0 saturated carbocycles. The summed E-state index contributed by atoms with van der Waals surface area (Å²) < 4.78 is 0. The standard InChI is InChI=1S/C12H13ClN2/c13-11-4-2-1-3-10(11)12-7-9(8-14)5-6-15-12/h1-4,9,12,15H,5-7H2. The minimum absolute atomic E-state index is 0.160. The number of rotatable bonds is 1. The summed E-state index contributed by atoms with van der Waals surface area (Å²) in [5, 5.41) is 13.1. The van der Waals surface area contributed by atoms with Crippen LogP contribution >= 0.6 is 11.6 Å². The van der Waals surface area contributed by atoms with Gasteiger partial charge in [-0.2, -0.15) is 5.26 Å². The number of nitrogens with one attached hydrogen (secondary N) is 1. The Morgan fingerprint density at radius 1 is 1.40 bits per heavy atom. The van der Waals surface area contributed by atoms with Gasteiger partial charge in [0.1, 0.15) is 0 Å². The fraction of sp³-hybridized carbons (Fsp3) is 0.417. The third-order valence-corrected chi connectivity index (χ3v) is 3.21. The topological polar surface area (TPSA) is 35.8 Å². The first-order chi connectivity index (χ1) is 7.31. The molecule has 0 aliphatic carbocycles. The van der Waals surface area contributed by atoms with Gasteiger partial charge >= 0.3 is 0 Å². The number of halogens is 1. The van der Waals surface area contributed by atoms with Crippen LogP contribution in [-0.2, 0) is 0 Å². The van der Waals surface area contributed by atoms with Gasteiger partial charge in [-0.25, -0.2) is 0 Å². The van der Waals surface area contributed by atoms with Crippen LogP contribution in [0.3, 0.4) is 0 Å². The lowest BCUT2D eigenvalue weighted by Gasteiger charge is -2.27. The van der Waals surface area contributed by atoms with Crippen LogP contribution in [0, 0.1) is 17.2 Å². The van der Waals surface area contributed by atoms with E-state index < -0.39 is 0 Å². The van der Waals surface area contributed by atoms with E-state index in [2.05, 4.69) is 11.4 Å². The zero-order chi connectivity index (χ0) is 10.7. The SMILES string of the molecule is N#CC1CCNC(c2ccccc2Cl)C1. The highest BCUT2D eigenvalue weighted by Crippen LogP contribution is 2.30. The zero-order valence-corrected chi connectivity index (χ0v) is 9.17. The molecule has 1 heterocycles. The number of nitriles is 1. The molecule has 1 N–H and O–H groups in total. The maximum absolute atomic E-state index is 8.91. The maximum Gasteiger partial charge on any atom is 0.0657 e. The molecule has 15 heavy (non-hydrogen) atoms. The molecule has 2 atom stereocenters. The highest BCUT2D eigenvalue weighted by molar-refractivity contribution is 6.31. The summed E-state index contributed by atoms with van der Waals surface area (Å²) >= 11 is 6.13. The zero-order valence-electron chi connectivity index (χ0n) is 8.41. The molecule has 2 unspecified atom stereocenters. The third-order valence-electron chi connectivity index (χ3n) is 2.87. The van der Waals surface area contributed by atoms with Crippen LogP contribution in [0.4, 0.5) is 0 Å². The van der Waals surface area contributed by atoms with Crippen molar-refractivity contribution in [3.05, 3.63) is 34.9 Å². The molecule has 1 aromatic rings. The van der Waals surface area contributed by atoms with Crippen LogP contribution in [-0.4, -0.2) is 6.54 Å². The number of hydrogen-bond acceptors (Lipinski definition) is 2. The predicted molar refractivity (Wildman–Crippen MR) is 60.5 cm³/mol. The van der Waals surface area contributed by atoms with Crippen molar-refractivity contribution in [1.82, 2.24) is 5.32 Å². The molecule has 2 nitrogen and oxygen atoms in total. The van der Waals surface area contributed by atoms with Crippen molar-refractivity contribution in [2.45, 2.75) is 18.9 Å². The fourth-order valence-corrected chi connectivity index (χ4v) is 2.30. The van der Waals surface area contributed by atoms with E-state index >= 15 is 0 Å². The molecule has 1 aliphatic heterocycles. The second-order valence-corrected chi connectivity index (χ2v) is 4.29. The quantitative estimate of drug-likeness (QED) is 0.790. The summed E-state index contributed by atoms with van der Waals surface area (Å²) in [5.41, 5.74) is 1.11. The van der Waals surface area contributed by atoms with Gasteiger partial charge in [0.25, 0.3) is 0 Å². The van der Waals surface area contributed by atoms with Crippen molar-refractivity contribution in [1.29, 1.82) is 5.26 Å². The summed E-state index contributed by atoms with van der Waals surface area (Å²) in [7, 11) is 0. The number of benzene rings is 1. The Bertz CT molecular complexity index is 383. The van der Waals surface area contributed by atoms with Crippen LogP contribution in [0.2, 0.25) is 5.02 Å². The summed E-state index contributed by atoms with van der Waals surface area (Å²) in [6.07, 6.45) is 1.80. The normalized spacial score (nSPS) is 25.9. The number of piperidine rings is 1. The van der Waals surface area contributed by atoms with Crippen LogP contribution < -0.4 is 5.32 Å². The van der Waals surface area contributed by atoms with Gasteiger partial charge in [0.15, 0.2) is 0 Å². The van der Waals surface area contributed by atoms with Crippen molar-refractivity contribution in [3.63, 3.8) is 0 Å². The monoisotopic (exact) mass is 220 g/mol. The van der Waals surface area contributed by atoms with Crippen molar-refractivity contribution in [2.24, 2.45) is 5.92 Å². The van der Waals surface area contributed by atoms with Gasteiger partial charge in [-0.1, -0.05) is 29.8 Å². The molecule has 1 aromatic carbocycles. The molecule has 0 aromatic heterocycles. The van der Waals surface area contributed by atoms with Crippen molar-refractivity contribution in [3.8, 4) is 6.07 Å². The molecule has 3 heteroatoms. The molecule has 0 amide bonds. The van der Waals surface area contributed by atoms with Crippen LogP contribution in [0.1, 0.15) is 24.4 Å². The molecule has 0 radical (unpaired) electrons. The molecule has 2 rings (SSSR count). The Hall–Kier alpha value is -1.04. The Morgan fingerprint density at radius 3 is 2.93 bits per heavy atom. The van der Waals surface area contributed by atoms with E-state index in [4.69, 9.17) is 16.9 Å². The van der Waals surface area contributed by atoms with Gasteiger partial charge in [0, 0.05) is 17.0 Å². The smallest absolute Gasteiger partial charge is 0.0657 e. The summed E-state index contributed by atoms with van der Waals surface area (Å²) in [4.78, 5) is 0. The Kier molecular flexibility index (Phi) is 3.25. The van der Waals surface area contributed by atoms with Crippen molar-refractivity contribution in [2.75, 3.05) is 6.54 Å². The second-order valence-electron chi connectivity index (χ2n) is 3.88. The molecule has 78 valence electrons. The van der Waals surface area contributed by atoms with E-state index in [1.807, 2.05) is 24.3 Å². The lowest BCUT2D eigenvalue weighted by molar-refractivity contribution is 0.356. The van der Waals surface area contributed by atoms with E-state index in [0.29, 0.717) is 0 Å². The first-order valence-electron chi connectivity index (χ1n) is 5.18. The first kappa shape index (κ1) is 10.5. The molecule has 0 spiro atoms. The van der Waals surface area contributed by atoms with Gasteiger partial charge in [0.05, 0.1) is 6.07 Å². The Morgan fingerprint density at radius 2 is 2.20 bits per heavy atom. The minimum Gasteiger partial charge on any atom is -0.310 e. The van der Waals surface area contributed by atoms with Crippen LogP contribution in [0.5, 0.6) is 0 Å². The fourth-order valence-electron chi connectivity index (χ4n) is 2.03. The number of hydrogen-bond donors (Lipinski definition) is 1. The summed E-state index contributed by atoms with van der Waals surface area (Å²) in [6.45, 7) is 0.897. The van der Waals surface area contributed by atoms with Gasteiger partial charge in [-0.05, 0) is 31.0 Å². The largest absolute Gasteiger partial charge is 0.310 e.